The number of carbonyl (C=O) groups excluding carboxylic acids is 1. The zero-order chi connectivity index (χ0) is 14.4. The molecular weight excluding hydrogens is 246 g/mol. The summed E-state index contributed by atoms with van der Waals surface area (Å²) in [6.07, 6.45) is 1.39. The van der Waals surface area contributed by atoms with Gasteiger partial charge in [-0.1, -0.05) is 5.16 Å². The van der Waals surface area contributed by atoms with E-state index in [-0.39, 0.29) is 17.8 Å². The number of nitrogens with one attached hydrogen (secondary N) is 1. The van der Waals surface area contributed by atoms with Crippen molar-refractivity contribution in [2.75, 3.05) is 20.6 Å². The van der Waals surface area contributed by atoms with Gasteiger partial charge in [0, 0.05) is 24.3 Å². The van der Waals surface area contributed by atoms with Crippen LogP contribution in [0.4, 0.5) is 0 Å². The van der Waals surface area contributed by atoms with E-state index in [4.69, 9.17) is 10.9 Å². The van der Waals surface area contributed by atoms with Gasteiger partial charge >= 0.3 is 0 Å². The number of nitrogens with zero attached hydrogens (tertiary/aromatic N) is 3. The fourth-order valence-corrected chi connectivity index (χ4v) is 1.63. The van der Waals surface area contributed by atoms with E-state index in [1.54, 1.807) is 6.07 Å². The highest BCUT2D eigenvalue weighted by molar-refractivity contribution is 5.98. The molecule has 1 rings (SSSR count). The number of hydrogen-bond acceptors (Lipinski definition) is 5. The Morgan fingerprint density at radius 3 is 2.74 bits per heavy atom. The van der Waals surface area contributed by atoms with Crippen molar-refractivity contribution in [3.8, 4) is 0 Å². The fourth-order valence-electron chi connectivity index (χ4n) is 1.63. The lowest BCUT2D eigenvalue weighted by Gasteiger charge is -2.18. The first kappa shape index (κ1) is 14.9. The third-order valence-corrected chi connectivity index (χ3v) is 2.42. The Morgan fingerprint density at radius 2 is 2.26 bits per heavy atom. The molecule has 1 aromatic rings. The number of rotatable bonds is 5. The molecule has 0 aliphatic rings. The maximum atomic E-state index is 11.9. The highest BCUT2D eigenvalue weighted by atomic mass is 16.4. The minimum absolute atomic E-state index is 0.0213. The van der Waals surface area contributed by atoms with E-state index in [0.717, 1.165) is 6.54 Å². The molecule has 0 aliphatic heterocycles. The van der Waals surface area contributed by atoms with E-state index in [0.29, 0.717) is 11.3 Å². The molecule has 0 aliphatic carbocycles. The van der Waals surface area contributed by atoms with Crippen LogP contribution >= 0.6 is 0 Å². The third kappa shape index (κ3) is 4.55. The molecule has 0 fully saturated rings. The van der Waals surface area contributed by atoms with Crippen molar-refractivity contribution >= 4 is 11.7 Å². The number of carbonyl (C=O) groups is 1. The SMILES string of the molecule is CC(CN(C)C)NC(=O)c1ccc(/C(N)=N/O)cn1. The third-order valence-electron chi connectivity index (χ3n) is 2.42. The van der Waals surface area contributed by atoms with Crippen LogP contribution in [0.5, 0.6) is 0 Å². The minimum Gasteiger partial charge on any atom is -0.409 e. The van der Waals surface area contributed by atoms with Gasteiger partial charge in [0.1, 0.15) is 5.69 Å². The second kappa shape index (κ2) is 6.69. The lowest BCUT2D eigenvalue weighted by atomic mass is 10.2. The van der Waals surface area contributed by atoms with Crippen LogP contribution in [0.2, 0.25) is 0 Å². The van der Waals surface area contributed by atoms with Crippen LogP contribution < -0.4 is 11.1 Å². The molecule has 1 amide bonds. The molecule has 4 N–H and O–H groups in total. The number of amidine groups is 1. The van der Waals surface area contributed by atoms with E-state index >= 15 is 0 Å². The van der Waals surface area contributed by atoms with E-state index in [1.807, 2.05) is 25.9 Å². The zero-order valence-corrected chi connectivity index (χ0v) is 11.3. The minimum atomic E-state index is -0.250. The van der Waals surface area contributed by atoms with Gasteiger partial charge in [-0.05, 0) is 33.2 Å². The number of pyridine rings is 1. The summed E-state index contributed by atoms with van der Waals surface area (Å²) in [6.45, 7) is 2.66. The first-order valence-electron chi connectivity index (χ1n) is 5.83. The van der Waals surface area contributed by atoms with E-state index in [2.05, 4.69) is 15.5 Å². The Labute approximate surface area is 112 Å². The molecule has 0 radical (unpaired) electrons. The first-order valence-corrected chi connectivity index (χ1v) is 5.83. The van der Waals surface area contributed by atoms with Crippen molar-refractivity contribution in [1.82, 2.24) is 15.2 Å². The van der Waals surface area contributed by atoms with Gasteiger partial charge in [-0.15, -0.1) is 0 Å². The van der Waals surface area contributed by atoms with Gasteiger partial charge in [-0.2, -0.15) is 0 Å². The maximum absolute atomic E-state index is 11.9. The lowest BCUT2D eigenvalue weighted by molar-refractivity contribution is 0.0929. The van der Waals surface area contributed by atoms with Crippen molar-refractivity contribution < 1.29 is 10.0 Å². The molecule has 0 saturated carbocycles. The summed E-state index contributed by atoms with van der Waals surface area (Å²) >= 11 is 0. The first-order chi connectivity index (χ1) is 8.93. The molecule has 7 nitrogen and oxygen atoms in total. The molecule has 7 heteroatoms. The molecular formula is C12H19N5O2. The summed E-state index contributed by atoms with van der Waals surface area (Å²) in [4.78, 5) is 17.9. The van der Waals surface area contributed by atoms with Gasteiger partial charge in [0.05, 0.1) is 0 Å². The van der Waals surface area contributed by atoms with Crippen LogP contribution in [0.1, 0.15) is 23.0 Å². The molecule has 1 atom stereocenters. The Balaban J connectivity index is 2.68. The van der Waals surface area contributed by atoms with Gasteiger partial charge in [0.25, 0.3) is 5.91 Å². The standard InChI is InChI=1S/C12H19N5O2/c1-8(7-17(2)3)15-12(18)10-5-4-9(6-14-10)11(13)16-19/h4-6,8,19H,7H2,1-3H3,(H2,13,16)(H,15,18). The van der Waals surface area contributed by atoms with Crippen molar-refractivity contribution in [1.29, 1.82) is 0 Å². The van der Waals surface area contributed by atoms with Crippen molar-refractivity contribution in [3.05, 3.63) is 29.6 Å². The molecule has 1 unspecified atom stereocenters. The highest BCUT2D eigenvalue weighted by Crippen LogP contribution is 2.01. The Hall–Kier alpha value is -2.15. The second-order valence-corrected chi connectivity index (χ2v) is 4.55. The molecule has 0 aromatic carbocycles. The van der Waals surface area contributed by atoms with Crippen molar-refractivity contribution in [2.24, 2.45) is 10.9 Å². The highest BCUT2D eigenvalue weighted by Gasteiger charge is 2.12. The average molecular weight is 265 g/mol. The predicted molar refractivity (Wildman–Crippen MR) is 72.2 cm³/mol. The molecule has 0 bridgehead atoms. The zero-order valence-electron chi connectivity index (χ0n) is 11.3. The largest absolute Gasteiger partial charge is 0.409 e. The molecule has 1 heterocycles. The topological polar surface area (TPSA) is 104 Å². The fraction of sp³-hybridized carbons (Fsp3) is 0.417. The number of amides is 1. The molecule has 104 valence electrons. The van der Waals surface area contributed by atoms with E-state index in [1.165, 1.54) is 12.3 Å². The number of aromatic nitrogens is 1. The summed E-state index contributed by atoms with van der Waals surface area (Å²) in [5.41, 5.74) is 6.16. The van der Waals surface area contributed by atoms with Crippen LogP contribution in [0.25, 0.3) is 0 Å². The van der Waals surface area contributed by atoms with Crippen LogP contribution in [0, 0.1) is 0 Å². The summed E-state index contributed by atoms with van der Waals surface area (Å²) in [5.74, 6) is -0.291. The van der Waals surface area contributed by atoms with Gasteiger partial charge < -0.3 is 21.2 Å². The average Bonchev–Trinajstić information content (AvgIpc) is 2.36. The molecule has 19 heavy (non-hydrogen) atoms. The predicted octanol–water partition coefficient (Wildman–Crippen LogP) is -0.144. The summed E-state index contributed by atoms with van der Waals surface area (Å²) in [7, 11) is 3.87. The van der Waals surface area contributed by atoms with E-state index in [9.17, 15) is 4.79 Å². The number of nitrogens with two attached hydrogens (primary N) is 1. The van der Waals surface area contributed by atoms with Crippen LogP contribution in [-0.4, -0.2) is 53.5 Å². The number of likely N-dealkylation sites (N-methyl/N-ethyl adjacent to an activating group) is 1. The summed E-state index contributed by atoms with van der Waals surface area (Å²) < 4.78 is 0. The molecule has 0 saturated heterocycles. The quantitative estimate of drug-likeness (QED) is 0.297. The van der Waals surface area contributed by atoms with Gasteiger partial charge in [-0.3, -0.25) is 9.78 Å². The van der Waals surface area contributed by atoms with Crippen molar-refractivity contribution in [3.63, 3.8) is 0 Å². The van der Waals surface area contributed by atoms with Gasteiger partial charge in [-0.25, -0.2) is 0 Å². The normalized spacial score (nSPS) is 13.4. The molecule has 0 spiro atoms. The smallest absolute Gasteiger partial charge is 0.270 e. The van der Waals surface area contributed by atoms with Gasteiger partial charge in [0.2, 0.25) is 0 Å². The number of hydrogen-bond donors (Lipinski definition) is 3. The Kier molecular flexibility index (Phi) is 5.25. The Morgan fingerprint density at radius 1 is 1.58 bits per heavy atom. The summed E-state index contributed by atoms with van der Waals surface area (Å²) in [6, 6.07) is 3.13. The monoisotopic (exact) mass is 265 g/mol. The summed E-state index contributed by atoms with van der Waals surface area (Å²) in [5, 5.41) is 14.2. The van der Waals surface area contributed by atoms with E-state index < -0.39 is 0 Å². The van der Waals surface area contributed by atoms with Crippen LogP contribution in [0.15, 0.2) is 23.5 Å². The maximum Gasteiger partial charge on any atom is 0.270 e. The lowest BCUT2D eigenvalue weighted by Crippen LogP contribution is -2.39. The van der Waals surface area contributed by atoms with Crippen molar-refractivity contribution in [2.45, 2.75) is 13.0 Å². The van der Waals surface area contributed by atoms with Crippen LogP contribution in [0.3, 0.4) is 0 Å². The molecule has 1 aromatic heterocycles. The van der Waals surface area contributed by atoms with Crippen LogP contribution in [-0.2, 0) is 0 Å². The second-order valence-electron chi connectivity index (χ2n) is 4.55. The Bertz CT molecular complexity index is 456. The van der Waals surface area contributed by atoms with Gasteiger partial charge in [0.15, 0.2) is 5.84 Å². The number of oxime groups is 1.